The van der Waals surface area contributed by atoms with E-state index < -0.39 is 0 Å². The molecular formula is C11H10N4. The van der Waals surface area contributed by atoms with E-state index in [9.17, 15) is 0 Å². The quantitative estimate of drug-likeness (QED) is 0.757. The molecule has 0 unspecified atom stereocenters. The largest absolute Gasteiger partial charge is 0.382 e. The van der Waals surface area contributed by atoms with Crippen molar-refractivity contribution in [2.45, 2.75) is 6.92 Å². The zero-order chi connectivity index (χ0) is 10.8. The zero-order valence-electron chi connectivity index (χ0n) is 8.31. The number of hydrogen-bond acceptors (Lipinski definition) is 3. The van der Waals surface area contributed by atoms with Crippen molar-refractivity contribution in [1.29, 1.82) is 5.26 Å². The lowest BCUT2D eigenvalue weighted by Gasteiger charge is -2.03. The molecule has 4 nitrogen and oxygen atoms in total. The van der Waals surface area contributed by atoms with Gasteiger partial charge in [-0.15, -0.1) is 0 Å². The number of hydrogen-bond donors (Lipinski definition) is 1. The molecule has 1 aromatic carbocycles. The first kappa shape index (κ1) is 9.28. The minimum atomic E-state index is 0.481. The molecule has 0 saturated carbocycles. The van der Waals surface area contributed by atoms with E-state index >= 15 is 0 Å². The van der Waals surface area contributed by atoms with Gasteiger partial charge in [-0.2, -0.15) is 5.26 Å². The highest BCUT2D eigenvalue weighted by atomic mass is 15.1. The molecule has 0 saturated heterocycles. The van der Waals surface area contributed by atoms with Crippen LogP contribution in [0.4, 0.5) is 5.82 Å². The summed E-state index contributed by atoms with van der Waals surface area (Å²) in [5.74, 6) is 1.29. The van der Waals surface area contributed by atoms with Gasteiger partial charge in [0, 0.05) is 5.69 Å². The standard InChI is InChI=1S/C11H10N4/c1-8-14-11(13)7-15(8)10-4-2-3-9(5-10)6-12/h2-5,7H,13H2,1H3. The average Bonchev–Trinajstić information content (AvgIpc) is 2.58. The third kappa shape index (κ3) is 1.67. The molecule has 0 aliphatic carbocycles. The van der Waals surface area contributed by atoms with Crippen LogP contribution in [-0.4, -0.2) is 9.55 Å². The molecule has 0 aliphatic heterocycles. The molecule has 4 heteroatoms. The first-order valence-corrected chi connectivity index (χ1v) is 4.52. The predicted molar refractivity (Wildman–Crippen MR) is 57.4 cm³/mol. The van der Waals surface area contributed by atoms with Crippen molar-refractivity contribution >= 4 is 5.82 Å². The fraction of sp³-hybridized carbons (Fsp3) is 0.0909. The molecule has 2 aromatic rings. The van der Waals surface area contributed by atoms with Gasteiger partial charge in [0.05, 0.1) is 17.8 Å². The number of anilines is 1. The summed E-state index contributed by atoms with van der Waals surface area (Å²) in [6.07, 6.45) is 1.74. The third-order valence-electron chi connectivity index (χ3n) is 2.15. The van der Waals surface area contributed by atoms with Gasteiger partial charge in [-0.3, -0.25) is 0 Å². The van der Waals surface area contributed by atoms with Crippen LogP contribution in [0, 0.1) is 18.3 Å². The molecule has 0 amide bonds. The van der Waals surface area contributed by atoms with Gasteiger partial charge in [0.1, 0.15) is 11.6 Å². The van der Waals surface area contributed by atoms with E-state index in [-0.39, 0.29) is 0 Å². The number of imidazole rings is 1. The van der Waals surface area contributed by atoms with Crippen molar-refractivity contribution < 1.29 is 0 Å². The highest BCUT2D eigenvalue weighted by Crippen LogP contribution is 2.14. The Labute approximate surface area is 87.6 Å². The van der Waals surface area contributed by atoms with Crippen LogP contribution in [0.1, 0.15) is 11.4 Å². The highest BCUT2D eigenvalue weighted by Gasteiger charge is 2.03. The summed E-state index contributed by atoms with van der Waals surface area (Å²) in [5.41, 5.74) is 7.11. The summed E-state index contributed by atoms with van der Waals surface area (Å²) in [6.45, 7) is 1.87. The minimum Gasteiger partial charge on any atom is -0.382 e. The summed E-state index contributed by atoms with van der Waals surface area (Å²) in [7, 11) is 0. The Hall–Kier alpha value is -2.28. The average molecular weight is 198 g/mol. The van der Waals surface area contributed by atoms with Crippen molar-refractivity contribution in [2.24, 2.45) is 0 Å². The van der Waals surface area contributed by atoms with Crippen LogP contribution in [-0.2, 0) is 0 Å². The summed E-state index contributed by atoms with van der Waals surface area (Å²) < 4.78 is 1.86. The van der Waals surface area contributed by atoms with Gasteiger partial charge in [0.2, 0.25) is 0 Å². The van der Waals surface area contributed by atoms with E-state index in [2.05, 4.69) is 11.1 Å². The molecule has 1 heterocycles. The summed E-state index contributed by atoms with van der Waals surface area (Å²) in [6, 6.07) is 9.41. The molecular weight excluding hydrogens is 188 g/mol. The Morgan fingerprint density at radius 3 is 2.87 bits per heavy atom. The van der Waals surface area contributed by atoms with Gasteiger partial charge < -0.3 is 10.3 Å². The summed E-state index contributed by atoms with van der Waals surface area (Å²) >= 11 is 0. The van der Waals surface area contributed by atoms with E-state index in [4.69, 9.17) is 11.0 Å². The Balaban J connectivity index is 2.55. The molecule has 1 aromatic heterocycles. The maximum atomic E-state index is 8.78. The Bertz CT molecular complexity index is 534. The normalized spacial score (nSPS) is 9.87. The summed E-state index contributed by atoms with van der Waals surface area (Å²) in [4.78, 5) is 4.10. The zero-order valence-corrected chi connectivity index (χ0v) is 8.31. The SMILES string of the molecule is Cc1nc(N)cn1-c1cccc(C#N)c1. The van der Waals surface area contributed by atoms with E-state index in [1.165, 1.54) is 0 Å². The first-order valence-electron chi connectivity index (χ1n) is 4.52. The van der Waals surface area contributed by atoms with Crippen molar-refractivity contribution in [2.75, 3.05) is 5.73 Å². The molecule has 0 bridgehead atoms. The van der Waals surface area contributed by atoms with Crippen molar-refractivity contribution in [3.05, 3.63) is 41.9 Å². The van der Waals surface area contributed by atoms with Crippen LogP contribution in [0.3, 0.4) is 0 Å². The molecule has 15 heavy (non-hydrogen) atoms. The van der Waals surface area contributed by atoms with Gasteiger partial charge in [0.25, 0.3) is 0 Å². The smallest absolute Gasteiger partial charge is 0.142 e. The second-order valence-corrected chi connectivity index (χ2v) is 3.25. The molecule has 0 fully saturated rings. The number of benzene rings is 1. The molecule has 0 radical (unpaired) electrons. The Morgan fingerprint density at radius 2 is 2.27 bits per heavy atom. The lowest BCUT2D eigenvalue weighted by atomic mass is 10.2. The van der Waals surface area contributed by atoms with E-state index in [0.717, 1.165) is 11.5 Å². The van der Waals surface area contributed by atoms with Crippen LogP contribution >= 0.6 is 0 Å². The number of aryl methyl sites for hydroxylation is 1. The van der Waals surface area contributed by atoms with E-state index in [1.54, 1.807) is 18.3 Å². The molecule has 0 atom stereocenters. The van der Waals surface area contributed by atoms with Gasteiger partial charge in [-0.05, 0) is 25.1 Å². The molecule has 2 rings (SSSR count). The van der Waals surface area contributed by atoms with Crippen molar-refractivity contribution in [3.8, 4) is 11.8 Å². The van der Waals surface area contributed by atoms with Gasteiger partial charge in [-0.1, -0.05) is 6.07 Å². The maximum Gasteiger partial charge on any atom is 0.142 e. The molecule has 2 N–H and O–H groups in total. The van der Waals surface area contributed by atoms with Crippen LogP contribution in [0.15, 0.2) is 30.5 Å². The predicted octanol–water partition coefficient (Wildman–Crippen LogP) is 1.63. The second-order valence-electron chi connectivity index (χ2n) is 3.25. The first-order chi connectivity index (χ1) is 7.20. The second kappa shape index (κ2) is 3.46. The van der Waals surface area contributed by atoms with Crippen LogP contribution < -0.4 is 5.73 Å². The number of nitriles is 1. The number of aromatic nitrogens is 2. The number of nitrogens with zero attached hydrogens (tertiary/aromatic N) is 3. The monoisotopic (exact) mass is 198 g/mol. The number of rotatable bonds is 1. The fourth-order valence-corrected chi connectivity index (χ4v) is 1.48. The van der Waals surface area contributed by atoms with E-state index in [0.29, 0.717) is 11.4 Å². The van der Waals surface area contributed by atoms with Crippen LogP contribution in [0.5, 0.6) is 0 Å². The van der Waals surface area contributed by atoms with Gasteiger partial charge in [0.15, 0.2) is 0 Å². The van der Waals surface area contributed by atoms with E-state index in [1.807, 2.05) is 23.6 Å². The number of nitrogens with two attached hydrogens (primary N) is 1. The third-order valence-corrected chi connectivity index (χ3v) is 2.15. The Kier molecular flexibility index (Phi) is 2.14. The Morgan fingerprint density at radius 1 is 1.47 bits per heavy atom. The van der Waals surface area contributed by atoms with Crippen molar-refractivity contribution in [1.82, 2.24) is 9.55 Å². The lowest BCUT2D eigenvalue weighted by Crippen LogP contribution is -1.95. The van der Waals surface area contributed by atoms with Crippen LogP contribution in [0.2, 0.25) is 0 Å². The molecule has 0 aliphatic rings. The summed E-state index contributed by atoms with van der Waals surface area (Å²) in [5, 5.41) is 8.78. The number of nitrogen functional groups attached to an aromatic ring is 1. The fourth-order valence-electron chi connectivity index (χ4n) is 1.48. The van der Waals surface area contributed by atoms with Crippen molar-refractivity contribution in [3.63, 3.8) is 0 Å². The topological polar surface area (TPSA) is 67.6 Å². The van der Waals surface area contributed by atoms with Gasteiger partial charge >= 0.3 is 0 Å². The molecule has 0 spiro atoms. The lowest BCUT2D eigenvalue weighted by molar-refractivity contribution is 0.974. The molecule has 74 valence electrons. The van der Waals surface area contributed by atoms with Crippen LogP contribution in [0.25, 0.3) is 5.69 Å². The maximum absolute atomic E-state index is 8.78. The van der Waals surface area contributed by atoms with Gasteiger partial charge in [-0.25, -0.2) is 4.98 Å². The minimum absolute atomic E-state index is 0.481. The highest BCUT2D eigenvalue weighted by molar-refractivity contribution is 5.44.